The van der Waals surface area contributed by atoms with Crippen molar-refractivity contribution in [2.24, 2.45) is 0 Å². The van der Waals surface area contributed by atoms with Gasteiger partial charge in [0.2, 0.25) is 11.7 Å². The molecule has 2 aromatic rings. The lowest BCUT2D eigenvalue weighted by Gasteiger charge is -2.10. The SMILES string of the molecule is COc1ccc(C(=O)c2c(Cl)cnn2C(C)C)nn1. The van der Waals surface area contributed by atoms with E-state index in [-0.39, 0.29) is 17.5 Å². The quantitative estimate of drug-likeness (QED) is 0.803. The molecule has 2 aromatic heterocycles. The molecule has 2 rings (SSSR count). The topological polar surface area (TPSA) is 69.9 Å². The van der Waals surface area contributed by atoms with Crippen molar-refractivity contribution in [1.29, 1.82) is 0 Å². The molecule has 0 radical (unpaired) electrons. The van der Waals surface area contributed by atoms with E-state index in [4.69, 9.17) is 16.3 Å². The summed E-state index contributed by atoms with van der Waals surface area (Å²) in [5.41, 5.74) is 0.515. The van der Waals surface area contributed by atoms with Gasteiger partial charge in [0.25, 0.3) is 0 Å². The van der Waals surface area contributed by atoms with Crippen molar-refractivity contribution in [3.63, 3.8) is 0 Å². The van der Waals surface area contributed by atoms with Crippen LogP contribution in [0.3, 0.4) is 0 Å². The highest BCUT2D eigenvalue weighted by Crippen LogP contribution is 2.21. The van der Waals surface area contributed by atoms with Crippen molar-refractivity contribution in [1.82, 2.24) is 20.0 Å². The van der Waals surface area contributed by atoms with Gasteiger partial charge in [-0.3, -0.25) is 9.48 Å². The fraction of sp³-hybridized carbons (Fsp3) is 0.333. The van der Waals surface area contributed by atoms with E-state index in [0.29, 0.717) is 16.6 Å². The summed E-state index contributed by atoms with van der Waals surface area (Å²) in [5.74, 6) is 0.0337. The van der Waals surface area contributed by atoms with Crippen molar-refractivity contribution >= 4 is 17.4 Å². The molecule has 0 saturated heterocycles. The first-order valence-corrected chi connectivity index (χ1v) is 6.07. The van der Waals surface area contributed by atoms with E-state index in [1.54, 1.807) is 16.8 Å². The number of methoxy groups -OCH3 is 1. The van der Waals surface area contributed by atoms with Crippen molar-refractivity contribution < 1.29 is 9.53 Å². The van der Waals surface area contributed by atoms with Crippen LogP contribution in [-0.4, -0.2) is 32.9 Å². The molecule has 0 N–H and O–H groups in total. The smallest absolute Gasteiger partial charge is 0.233 e. The lowest BCUT2D eigenvalue weighted by molar-refractivity contribution is 0.102. The zero-order chi connectivity index (χ0) is 14.0. The lowest BCUT2D eigenvalue weighted by Crippen LogP contribution is -2.15. The Kier molecular flexibility index (Phi) is 3.80. The Labute approximate surface area is 115 Å². The molecule has 0 fully saturated rings. The molecule has 6 nitrogen and oxygen atoms in total. The fourth-order valence-corrected chi connectivity index (χ4v) is 1.83. The molecule has 7 heteroatoms. The number of ketones is 1. The number of nitrogens with zero attached hydrogens (tertiary/aromatic N) is 4. The van der Waals surface area contributed by atoms with Crippen molar-refractivity contribution in [3.05, 3.63) is 34.7 Å². The van der Waals surface area contributed by atoms with Gasteiger partial charge in [0.15, 0.2) is 0 Å². The number of hydrogen-bond acceptors (Lipinski definition) is 5. The van der Waals surface area contributed by atoms with Crippen LogP contribution in [0, 0.1) is 0 Å². The fourth-order valence-electron chi connectivity index (χ4n) is 1.62. The molecule has 0 saturated carbocycles. The normalized spacial score (nSPS) is 10.8. The molecule has 0 aliphatic rings. The Morgan fingerprint density at radius 2 is 2.11 bits per heavy atom. The third kappa shape index (κ3) is 2.58. The molecule has 0 aliphatic heterocycles. The maximum absolute atomic E-state index is 12.4. The van der Waals surface area contributed by atoms with Gasteiger partial charge in [-0.15, -0.1) is 10.2 Å². The average molecular weight is 281 g/mol. The van der Waals surface area contributed by atoms with E-state index >= 15 is 0 Å². The first kappa shape index (κ1) is 13.5. The van der Waals surface area contributed by atoms with Gasteiger partial charge in [0.05, 0.1) is 18.3 Å². The van der Waals surface area contributed by atoms with Gasteiger partial charge in [-0.1, -0.05) is 11.6 Å². The summed E-state index contributed by atoms with van der Waals surface area (Å²) in [4.78, 5) is 12.4. The van der Waals surface area contributed by atoms with Crippen LogP contribution >= 0.6 is 11.6 Å². The molecule has 2 heterocycles. The zero-order valence-corrected chi connectivity index (χ0v) is 11.5. The Hall–Kier alpha value is -1.95. The van der Waals surface area contributed by atoms with E-state index in [0.717, 1.165) is 0 Å². The second-order valence-corrected chi connectivity index (χ2v) is 4.58. The van der Waals surface area contributed by atoms with Gasteiger partial charge in [0, 0.05) is 12.1 Å². The number of hydrogen-bond donors (Lipinski definition) is 0. The molecule has 0 unspecified atom stereocenters. The second-order valence-electron chi connectivity index (χ2n) is 4.17. The number of aromatic nitrogens is 4. The number of ether oxygens (including phenoxy) is 1. The van der Waals surface area contributed by atoms with Gasteiger partial charge in [-0.05, 0) is 19.9 Å². The molecule has 0 amide bonds. The zero-order valence-electron chi connectivity index (χ0n) is 10.8. The summed E-state index contributed by atoms with van der Waals surface area (Å²) in [6.45, 7) is 3.83. The molecule has 19 heavy (non-hydrogen) atoms. The summed E-state index contributed by atoms with van der Waals surface area (Å²) in [6.07, 6.45) is 1.45. The van der Waals surface area contributed by atoms with Crippen LogP contribution in [0.1, 0.15) is 36.1 Å². The number of halogens is 1. The van der Waals surface area contributed by atoms with Gasteiger partial charge in [-0.2, -0.15) is 5.10 Å². The minimum atomic E-state index is -0.314. The molecular weight excluding hydrogens is 268 g/mol. The summed E-state index contributed by atoms with van der Waals surface area (Å²) < 4.78 is 6.46. The molecule has 0 bridgehead atoms. The van der Waals surface area contributed by atoms with E-state index in [1.165, 1.54) is 13.3 Å². The van der Waals surface area contributed by atoms with Crippen LogP contribution in [0.5, 0.6) is 5.88 Å². The summed E-state index contributed by atoms with van der Waals surface area (Å²) >= 11 is 6.02. The number of carbonyl (C=O) groups is 1. The minimum Gasteiger partial charge on any atom is -0.480 e. The van der Waals surface area contributed by atoms with E-state index in [1.807, 2.05) is 13.8 Å². The first-order valence-electron chi connectivity index (χ1n) is 5.70. The Bertz CT molecular complexity index is 592. The van der Waals surface area contributed by atoms with Crippen molar-refractivity contribution in [2.75, 3.05) is 7.11 Å². The van der Waals surface area contributed by atoms with E-state index in [9.17, 15) is 4.79 Å². The highest BCUT2D eigenvalue weighted by atomic mass is 35.5. The Morgan fingerprint density at radius 1 is 1.37 bits per heavy atom. The summed E-state index contributed by atoms with van der Waals surface area (Å²) in [5, 5.41) is 12.0. The lowest BCUT2D eigenvalue weighted by atomic mass is 10.2. The maximum atomic E-state index is 12.4. The van der Waals surface area contributed by atoms with Crippen LogP contribution in [0.25, 0.3) is 0 Å². The molecule has 0 aliphatic carbocycles. The van der Waals surface area contributed by atoms with Crippen molar-refractivity contribution in [3.8, 4) is 5.88 Å². The van der Waals surface area contributed by atoms with Crippen LogP contribution in [0.15, 0.2) is 18.3 Å². The molecule has 0 atom stereocenters. The van der Waals surface area contributed by atoms with E-state index in [2.05, 4.69) is 15.3 Å². The highest BCUT2D eigenvalue weighted by Gasteiger charge is 2.22. The van der Waals surface area contributed by atoms with Gasteiger partial charge in [-0.25, -0.2) is 0 Å². The predicted molar refractivity (Wildman–Crippen MR) is 69.6 cm³/mol. The third-order valence-corrected chi connectivity index (χ3v) is 2.81. The van der Waals surface area contributed by atoms with Crippen molar-refractivity contribution in [2.45, 2.75) is 19.9 Å². The van der Waals surface area contributed by atoms with Crippen LogP contribution < -0.4 is 4.74 Å². The molecule has 0 aromatic carbocycles. The van der Waals surface area contributed by atoms with Gasteiger partial charge in [0.1, 0.15) is 11.4 Å². The molecule has 100 valence electrons. The maximum Gasteiger partial charge on any atom is 0.233 e. The number of carbonyl (C=O) groups excluding carboxylic acids is 1. The van der Waals surface area contributed by atoms with Gasteiger partial charge < -0.3 is 4.74 Å². The molecular formula is C12H13ClN4O2. The summed E-state index contributed by atoms with van der Waals surface area (Å²) in [7, 11) is 1.48. The monoisotopic (exact) mass is 280 g/mol. The minimum absolute atomic E-state index is 0.0256. The second kappa shape index (κ2) is 5.36. The Balaban J connectivity index is 2.40. The summed E-state index contributed by atoms with van der Waals surface area (Å²) in [6, 6.07) is 3.14. The largest absolute Gasteiger partial charge is 0.480 e. The average Bonchev–Trinajstić information content (AvgIpc) is 2.80. The predicted octanol–water partition coefficient (Wildman–Crippen LogP) is 2.15. The van der Waals surface area contributed by atoms with Crippen LogP contribution in [0.2, 0.25) is 5.02 Å². The van der Waals surface area contributed by atoms with Crippen LogP contribution in [-0.2, 0) is 0 Å². The van der Waals surface area contributed by atoms with E-state index < -0.39 is 0 Å². The Morgan fingerprint density at radius 3 is 2.63 bits per heavy atom. The standard InChI is InChI=1S/C12H13ClN4O2/c1-7(2)17-11(8(13)6-14-17)12(18)9-4-5-10(19-3)16-15-9/h4-7H,1-3H3. The number of rotatable bonds is 4. The third-order valence-electron chi connectivity index (χ3n) is 2.54. The first-order chi connectivity index (χ1) is 9.04. The van der Waals surface area contributed by atoms with Gasteiger partial charge >= 0.3 is 0 Å². The van der Waals surface area contributed by atoms with Crippen LogP contribution in [0.4, 0.5) is 0 Å². The highest BCUT2D eigenvalue weighted by molar-refractivity contribution is 6.34. The molecule has 0 spiro atoms.